The number of carbonyl (C=O) groups excluding carboxylic acids is 2. The van der Waals surface area contributed by atoms with E-state index in [1.54, 1.807) is 6.08 Å². The maximum Gasteiger partial charge on any atom is 0.172 e. The minimum absolute atomic E-state index is 0.0160. The molecule has 4 aliphatic rings. The lowest BCUT2D eigenvalue weighted by atomic mass is 9.49. The van der Waals surface area contributed by atoms with Crippen LogP contribution in [-0.4, -0.2) is 18.1 Å². The number of hydrogen-bond donors (Lipinski definition) is 1. The Morgan fingerprint density at radius 2 is 1.80 bits per heavy atom. The molecule has 1 N–H and O–H groups in total. The first-order chi connectivity index (χ1) is 14.3. The maximum absolute atomic E-state index is 14.3. The molecule has 5 heteroatoms. The molecule has 0 bridgehead atoms. The van der Waals surface area contributed by atoms with Gasteiger partial charge in [0, 0.05) is 36.1 Å². The molecule has 0 radical (unpaired) electrons. The summed E-state index contributed by atoms with van der Waals surface area (Å²) in [7, 11) is 0. The number of benzene rings is 1. The molecule has 3 fully saturated rings. The third-order valence-electron chi connectivity index (χ3n) is 9.12. The van der Waals surface area contributed by atoms with E-state index in [9.17, 15) is 18.4 Å². The first kappa shape index (κ1) is 19.9. The van der Waals surface area contributed by atoms with Crippen LogP contribution in [-0.2, 0) is 4.79 Å². The summed E-state index contributed by atoms with van der Waals surface area (Å²) in [6.07, 6.45) is 6.76. The number of halogens is 2. The van der Waals surface area contributed by atoms with E-state index in [1.165, 1.54) is 18.2 Å². The first-order valence-electron chi connectivity index (χ1n) is 11.2. The van der Waals surface area contributed by atoms with Gasteiger partial charge in [-0.15, -0.1) is 0 Å². The third kappa shape index (κ3) is 2.66. The van der Waals surface area contributed by atoms with Crippen LogP contribution in [0.25, 0.3) is 0 Å². The summed E-state index contributed by atoms with van der Waals surface area (Å²) >= 11 is 0. The van der Waals surface area contributed by atoms with Crippen molar-refractivity contribution in [3.8, 4) is 0 Å². The lowest BCUT2D eigenvalue weighted by Crippen LogP contribution is -2.57. The standard InChI is InChI=1S/C25H29F2NO2/c1-24-11-9-17-15(13-28-21-12-14(29)8-10-25(17,21)2)16(24)6-7-18(24)23(30)22-19(26)4-3-5-20(22)27/h3-5,12,15-18,28H,6-11,13H2,1-2H3/t15-,16-,17-,18+,24-,25+/m0/s1. The predicted octanol–water partition coefficient (Wildman–Crippen LogP) is 5.06. The van der Waals surface area contributed by atoms with Gasteiger partial charge in [0.1, 0.15) is 11.6 Å². The van der Waals surface area contributed by atoms with Crippen LogP contribution in [0.1, 0.15) is 62.7 Å². The monoisotopic (exact) mass is 413 g/mol. The average molecular weight is 414 g/mol. The van der Waals surface area contributed by atoms with Crippen LogP contribution in [0.5, 0.6) is 0 Å². The van der Waals surface area contributed by atoms with Crippen molar-refractivity contribution in [1.29, 1.82) is 0 Å². The molecule has 0 amide bonds. The zero-order valence-electron chi connectivity index (χ0n) is 17.6. The lowest BCUT2D eigenvalue weighted by Gasteiger charge is -2.58. The topological polar surface area (TPSA) is 46.2 Å². The minimum atomic E-state index is -0.755. The number of allylic oxidation sites excluding steroid dienone is 2. The molecule has 1 aliphatic heterocycles. The summed E-state index contributed by atoms with van der Waals surface area (Å²) in [6, 6.07) is 3.65. The van der Waals surface area contributed by atoms with Gasteiger partial charge < -0.3 is 5.32 Å². The highest BCUT2D eigenvalue weighted by Crippen LogP contribution is 2.64. The van der Waals surface area contributed by atoms with Crippen LogP contribution < -0.4 is 5.32 Å². The van der Waals surface area contributed by atoms with Gasteiger partial charge in [0.15, 0.2) is 11.6 Å². The zero-order chi connectivity index (χ0) is 21.3. The van der Waals surface area contributed by atoms with Gasteiger partial charge in [-0.25, -0.2) is 8.78 Å². The van der Waals surface area contributed by atoms with Crippen molar-refractivity contribution in [3.63, 3.8) is 0 Å². The molecule has 30 heavy (non-hydrogen) atoms. The van der Waals surface area contributed by atoms with Gasteiger partial charge >= 0.3 is 0 Å². The summed E-state index contributed by atoms with van der Waals surface area (Å²) in [5, 5.41) is 3.55. The summed E-state index contributed by atoms with van der Waals surface area (Å²) < 4.78 is 28.7. The molecule has 0 aromatic heterocycles. The number of fused-ring (bicyclic) bond motifs is 5. The molecule has 1 saturated heterocycles. The van der Waals surface area contributed by atoms with Crippen molar-refractivity contribution in [2.45, 2.75) is 52.4 Å². The molecule has 2 saturated carbocycles. The molecule has 1 aromatic carbocycles. The average Bonchev–Trinajstić information content (AvgIpc) is 3.05. The number of hydrogen-bond acceptors (Lipinski definition) is 3. The number of rotatable bonds is 2. The second kappa shape index (κ2) is 6.73. The van der Waals surface area contributed by atoms with Crippen LogP contribution >= 0.6 is 0 Å². The van der Waals surface area contributed by atoms with E-state index < -0.39 is 11.6 Å². The highest BCUT2D eigenvalue weighted by atomic mass is 19.1. The summed E-state index contributed by atoms with van der Waals surface area (Å²) in [4.78, 5) is 25.2. The van der Waals surface area contributed by atoms with Crippen molar-refractivity contribution in [3.05, 3.63) is 47.2 Å². The van der Waals surface area contributed by atoms with E-state index in [1.807, 2.05) is 0 Å². The summed E-state index contributed by atoms with van der Waals surface area (Å²) in [5.41, 5.74) is 0.466. The van der Waals surface area contributed by atoms with Crippen molar-refractivity contribution >= 4 is 11.6 Å². The molecule has 0 unspecified atom stereocenters. The first-order valence-corrected chi connectivity index (χ1v) is 11.2. The van der Waals surface area contributed by atoms with Gasteiger partial charge in [-0.1, -0.05) is 19.9 Å². The Bertz CT molecular complexity index is 936. The van der Waals surface area contributed by atoms with Gasteiger partial charge in [0.2, 0.25) is 0 Å². The molecule has 5 rings (SSSR count). The molecule has 160 valence electrons. The van der Waals surface area contributed by atoms with Crippen molar-refractivity contribution in [2.75, 3.05) is 6.54 Å². The SMILES string of the molecule is C[C@]12CC[C@H]3[C@@H](CNC4=CC(=O)CC[C@@]43C)[C@@H]1CC[C@@H]2C(=O)c1c(F)cccc1F. The summed E-state index contributed by atoms with van der Waals surface area (Å²) in [5.74, 6) is -0.766. The highest BCUT2D eigenvalue weighted by molar-refractivity contribution is 5.99. The highest BCUT2D eigenvalue weighted by Gasteiger charge is 2.60. The molecule has 1 heterocycles. The molecular formula is C25H29F2NO2. The van der Waals surface area contributed by atoms with E-state index in [-0.39, 0.29) is 33.9 Å². The molecular weight excluding hydrogens is 384 g/mol. The quantitative estimate of drug-likeness (QED) is 0.689. The Morgan fingerprint density at radius 3 is 2.53 bits per heavy atom. The van der Waals surface area contributed by atoms with Crippen LogP contribution in [0.3, 0.4) is 0 Å². The van der Waals surface area contributed by atoms with E-state index >= 15 is 0 Å². The van der Waals surface area contributed by atoms with Gasteiger partial charge in [-0.05, 0) is 67.4 Å². The zero-order valence-corrected chi connectivity index (χ0v) is 17.6. The van der Waals surface area contributed by atoms with Crippen LogP contribution in [0.15, 0.2) is 30.0 Å². The van der Waals surface area contributed by atoms with Gasteiger partial charge in [-0.3, -0.25) is 9.59 Å². The maximum atomic E-state index is 14.3. The van der Waals surface area contributed by atoms with E-state index in [0.29, 0.717) is 30.6 Å². The molecule has 3 nitrogen and oxygen atoms in total. The number of nitrogens with one attached hydrogen (secondary N) is 1. The molecule has 0 spiro atoms. The number of ketones is 2. The fraction of sp³-hybridized carbons (Fsp3) is 0.600. The fourth-order valence-corrected chi connectivity index (χ4v) is 7.48. The minimum Gasteiger partial charge on any atom is -0.387 e. The molecule has 3 aliphatic carbocycles. The second-order valence-corrected chi connectivity index (χ2v) is 10.3. The summed E-state index contributed by atoms with van der Waals surface area (Å²) in [6.45, 7) is 5.26. The van der Waals surface area contributed by atoms with Crippen LogP contribution in [0.4, 0.5) is 8.78 Å². The van der Waals surface area contributed by atoms with E-state index in [2.05, 4.69) is 19.2 Å². The van der Waals surface area contributed by atoms with Crippen molar-refractivity contribution in [2.24, 2.45) is 34.5 Å². The van der Waals surface area contributed by atoms with Gasteiger partial charge in [0.25, 0.3) is 0 Å². The van der Waals surface area contributed by atoms with E-state index in [4.69, 9.17) is 0 Å². The molecule has 6 atom stereocenters. The van der Waals surface area contributed by atoms with Gasteiger partial charge in [0.05, 0.1) is 5.56 Å². The van der Waals surface area contributed by atoms with Crippen LogP contribution in [0, 0.1) is 46.1 Å². The van der Waals surface area contributed by atoms with Crippen molar-refractivity contribution in [1.82, 2.24) is 5.32 Å². The Morgan fingerprint density at radius 1 is 1.07 bits per heavy atom. The Kier molecular flexibility index (Phi) is 4.46. The predicted molar refractivity (Wildman–Crippen MR) is 110 cm³/mol. The molecule has 1 aromatic rings. The smallest absolute Gasteiger partial charge is 0.172 e. The fourth-order valence-electron chi connectivity index (χ4n) is 7.48. The van der Waals surface area contributed by atoms with Gasteiger partial charge in [-0.2, -0.15) is 0 Å². The normalized spacial score (nSPS) is 40.0. The lowest BCUT2D eigenvalue weighted by molar-refractivity contribution is -0.117. The number of carbonyl (C=O) groups is 2. The third-order valence-corrected chi connectivity index (χ3v) is 9.12. The van der Waals surface area contributed by atoms with Crippen molar-refractivity contribution < 1.29 is 18.4 Å². The second-order valence-electron chi connectivity index (χ2n) is 10.3. The Hall–Kier alpha value is -2.04. The van der Waals surface area contributed by atoms with E-state index in [0.717, 1.165) is 37.9 Å². The Labute approximate surface area is 176 Å². The van der Waals surface area contributed by atoms with Crippen LogP contribution in [0.2, 0.25) is 0 Å². The number of piperidine rings is 1. The number of Topliss-reactive ketones (excluding diaryl/α,β-unsaturated/α-hetero) is 1. The largest absolute Gasteiger partial charge is 0.387 e. The Balaban J connectivity index is 1.46.